The molecular formula is C16H29N5. The summed E-state index contributed by atoms with van der Waals surface area (Å²) in [6.07, 6.45) is 3.81. The summed E-state index contributed by atoms with van der Waals surface area (Å²) < 4.78 is 0. The largest absolute Gasteiger partial charge is 0.353 e. The molecule has 1 fully saturated rings. The first-order valence-electron chi connectivity index (χ1n) is 8.07. The van der Waals surface area contributed by atoms with Crippen LogP contribution in [0.2, 0.25) is 0 Å². The predicted octanol–water partition coefficient (Wildman–Crippen LogP) is 1.75. The van der Waals surface area contributed by atoms with Gasteiger partial charge in [0.1, 0.15) is 5.82 Å². The number of rotatable bonds is 6. The summed E-state index contributed by atoms with van der Waals surface area (Å²) in [5.41, 5.74) is 1.01. The molecule has 1 saturated heterocycles. The van der Waals surface area contributed by atoms with Crippen molar-refractivity contribution in [1.82, 2.24) is 20.2 Å². The molecule has 0 aliphatic carbocycles. The predicted molar refractivity (Wildman–Crippen MR) is 87.5 cm³/mol. The highest BCUT2D eigenvalue weighted by Crippen LogP contribution is 2.13. The van der Waals surface area contributed by atoms with Crippen LogP contribution in [0.5, 0.6) is 0 Å². The van der Waals surface area contributed by atoms with E-state index in [2.05, 4.69) is 52.8 Å². The van der Waals surface area contributed by atoms with E-state index in [0.29, 0.717) is 12.0 Å². The summed E-state index contributed by atoms with van der Waals surface area (Å²) in [6, 6.07) is 0.632. The minimum atomic E-state index is 0.632. The van der Waals surface area contributed by atoms with Crippen LogP contribution in [0.1, 0.15) is 33.4 Å². The fourth-order valence-electron chi connectivity index (χ4n) is 2.56. The van der Waals surface area contributed by atoms with Gasteiger partial charge in [0.15, 0.2) is 0 Å². The second kappa shape index (κ2) is 7.71. The summed E-state index contributed by atoms with van der Waals surface area (Å²) in [7, 11) is 0. The maximum absolute atomic E-state index is 4.57. The lowest BCUT2D eigenvalue weighted by atomic mass is 10.2. The van der Waals surface area contributed by atoms with E-state index in [-0.39, 0.29) is 0 Å². The molecule has 1 aromatic heterocycles. The van der Waals surface area contributed by atoms with Crippen molar-refractivity contribution in [1.29, 1.82) is 0 Å². The van der Waals surface area contributed by atoms with Crippen molar-refractivity contribution in [2.24, 2.45) is 5.92 Å². The molecule has 1 aliphatic rings. The van der Waals surface area contributed by atoms with Gasteiger partial charge in [0, 0.05) is 38.8 Å². The second-order valence-electron chi connectivity index (χ2n) is 6.51. The quantitative estimate of drug-likeness (QED) is 0.865. The summed E-state index contributed by atoms with van der Waals surface area (Å²) in [5.74, 6) is 1.67. The third-order valence-corrected chi connectivity index (χ3v) is 3.92. The molecule has 2 heterocycles. The van der Waals surface area contributed by atoms with Crippen molar-refractivity contribution >= 4 is 5.82 Å². The lowest BCUT2D eigenvalue weighted by Crippen LogP contribution is -2.49. The molecule has 0 radical (unpaired) electrons. The van der Waals surface area contributed by atoms with Gasteiger partial charge < -0.3 is 10.2 Å². The molecule has 0 amide bonds. The highest BCUT2D eigenvalue weighted by atomic mass is 15.3. The maximum atomic E-state index is 4.57. The first-order chi connectivity index (χ1) is 10.1. The van der Waals surface area contributed by atoms with E-state index in [1.54, 1.807) is 0 Å². The molecule has 5 nitrogen and oxygen atoms in total. The SMILES string of the molecule is CC(C)CNCc1cnc(N2CCN(C(C)C)CC2)cn1. The molecule has 0 atom stereocenters. The molecule has 0 saturated carbocycles. The van der Waals surface area contributed by atoms with E-state index < -0.39 is 0 Å². The third kappa shape index (κ3) is 4.93. The van der Waals surface area contributed by atoms with Crippen molar-refractivity contribution in [3.63, 3.8) is 0 Å². The molecule has 0 spiro atoms. The van der Waals surface area contributed by atoms with Crippen LogP contribution in [0, 0.1) is 5.92 Å². The van der Waals surface area contributed by atoms with Gasteiger partial charge in [-0.1, -0.05) is 13.8 Å². The van der Waals surface area contributed by atoms with Gasteiger partial charge in [0.2, 0.25) is 0 Å². The van der Waals surface area contributed by atoms with Crippen LogP contribution in [0.25, 0.3) is 0 Å². The highest BCUT2D eigenvalue weighted by Gasteiger charge is 2.19. The first kappa shape index (κ1) is 16.2. The molecule has 0 bridgehead atoms. The molecule has 2 rings (SSSR count). The number of hydrogen-bond acceptors (Lipinski definition) is 5. The molecule has 1 aliphatic heterocycles. The number of piperazine rings is 1. The van der Waals surface area contributed by atoms with Crippen LogP contribution in [0.3, 0.4) is 0 Å². The lowest BCUT2D eigenvalue weighted by Gasteiger charge is -2.37. The third-order valence-electron chi connectivity index (χ3n) is 3.92. The number of nitrogens with one attached hydrogen (secondary N) is 1. The maximum Gasteiger partial charge on any atom is 0.147 e. The van der Waals surface area contributed by atoms with E-state index in [0.717, 1.165) is 50.8 Å². The van der Waals surface area contributed by atoms with Crippen molar-refractivity contribution in [2.45, 2.75) is 40.3 Å². The van der Waals surface area contributed by atoms with Gasteiger partial charge in [-0.3, -0.25) is 9.88 Å². The van der Waals surface area contributed by atoms with Gasteiger partial charge in [0.05, 0.1) is 18.1 Å². The monoisotopic (exact) mass is 291 g/mol. The molecular weight excluding hydrogens is 262 g/mol. The first-order valence-corrected chi connectivity index (χ1v) is 8.07. The Labute approximate surface area is 128 Å². The molecule has 21 heavy (non-hydrogen) atoms. The van der Waals surface area contributed by atoms with Crippen LogP contribution in [0.15, 0.2) is 12.4 Å². The van der Waals surface area contributed by atoms with Crippen molar-refractivity contribution in [3.05, 3.63) is 18.1 Å². The minimum absolute atomic E-state index is 0.632. The van der Waals surface area contributed by atoms with Gasteiger partial charge in [-0.2, -0.15) is 0 Å². The number of aromatic nitrogens is 2. The number of nitrogens with zero attached hydrogens (tertiary/aromatic N) is 4. The Balaban J connectivity index is 1.82. The molecule has 1 N–H and O–H groups in total. The van der Waals surface area contributed by atoms with Crippen molar-refractivity contribution < 1.29 is 0 Å². The Morgan fingerprint density at radius 2 is 1.76 bits per heavy atom. The Morgan fingerprint density at radius 1 is 1.05 bits per heavy atom. The van der Waals surface area contributed by atoms with Gasteiger partial charge in [-0.25, -0.2) is 4.98 Å². The summed E-state index contributed by atoms with van der Waals surface area (Å²) in [6.45, 7) is 15.0. The standard InChI is InChI=1S/C16H29N5/c1-13(2)9-17-10-15-11-19-16(12-18-15)21-7-5-20(6-8-21)14(3)4/h11-14,17H,5-10H2,1-4H3. The Kier molecular flexibility index (Phi) is 5.94. The zero-order valence-electron chi connectivity index (χ0n) is 13.8. The zero-order valence-corrected chi connectivity index (χ0v) is 13.8. The van der Waals surface area contributed by atoms with Crippen molar-refractivity contribution in [3.8, 4) is 0 Å². The Bertz CT molecular complexity index is 407. The van der Waals surface area contributed by atoms with E-state index in [9.17, 15) is 0 Å². The van der Waals surface area contributed by atoms with Gasteiger partial charge in [0.25, 0.3) is 0 Å². The van der Waals surface area contributed by atoms with E-state index >= 15 is 0 Å². The van der Waals surface area contributed by atoms with Crippen LogP contribution >= 0.6 is 0 Å². The van der Waals surface area contributed by atoms with E-state index in [1.807, 2.05) is 12.4 Å². The Hall–Kier alpha value is -1.20. The average molecular weight is 291 g/mol. The topological polar surface area (TPSA) is 44.3 Å². The second-order valence-corrected chi connectivity index (χ2v) is 6.51. The Morgan fingerprint density at radius 3 is 2.29 bits per heavy atom. The lowest BCUT2D eigenvalue weighted by molar-refractivity contribution is 0.209. The van der Waals surface area contributed by atoms with E-state index in [4.69, 9.17) is 0 Å². The number of hydrogen-bond donors (Lipinski definition) is 1. The molecule has 5 heteroatoms. The summed E-state index contributed by atoms with van der Waals surface area (Å²) in [5, 5.41) is 3.40. The summed E-state index contributed by atoms with van der Waals surface area (Å²) >= 11 is 0. The van der Waals surface area contributed by atoms with Gasteiger partial charge in [-0.05, 0) is 26.3 Å². The van der Waals surface area contributed by atoms with Crippen LogP contribution < -0.4 is 10.2 Å². The zero-order chi connectivity index (χ0) is 15.2. The molecule has 0 unspecified atom stereocenters. The van der Waals surface area contributed by atoms with Gasteiger partial charge >= 0.3 is 0 Å². The molecule has 118 valence electrons. The fourth-order valence-corrected chi connectivity index (χ4v) is 2.56. The van der Waals surface area contributed by atoms with Crippen LogP contribution in [-0.4, -0.2) is 53.6 Å². The van der Waals surface area contributed by atoms with Gasteiger partial charge in [-0.15, -0.1) is 0 Å². The van der Waals surface area contributed by atoms with Crippen molar-refractivity contribution in [2.75, 3.05) is 37.6 Å². The van der Waals surface area contributed by atoms with Crippen LogP contribution in [-0.2, 0) is 6.54 Å². The highest BCUT2D eigenvalue weighted by molar-refractivity contribution is 5.36. The minimum Gasteiger partial charge on any atom is -0.353 e. The van der Waals surface area contributed by atoms with Crippen LogP contribution in [0.4, 0.5) is 5.82 Å². The molecule has 1 aromatic rings. The molecule has 0 aromatic carbocycles. The average Bonchev–Trinajstić information content (AvgIpc) is 2.48. The normalized spacial score (nSPS) is 17.0. The van der Waals surface area contributed by atoms with E-state index in [1.165, 1.54) is 0 Å². The fraction of sp³-hybridized carbons (Fsp3) is 0.750. The number of anilines is 1. The smallest absolute Gasteiger partial charge is 0.147 e. The summed E-state index contributed by atoms with van der Waals surface area (Å²) in [4.78, 5) is 13.9.